The molecule has 1 fully saturated rings. The van der Waals surface area contributed by atoms with Gasteiger partial charge in [-0.05, 0) is 25.7 Å². The minimum Gasteiger partial charge on any atom is -0.400 e. The number of hydrogen-bond donors (Lipinski definition) is 1. The zero-order valence-electron chi connectivity index (χ0n) is 10.0. The van der Waals surface area contributed by atoms with Gasteiger partial charge in [0.15, 0.2) is 0 Å². The minimum absolute atomic E-state index is 0.0139. The molecule has 0 saturated carbocycles. The van der Waals surface area contributed by atoms with Crippen molar-refractivity contribution in [2.45, 2.75) is 19.8 Å². The maximum atomic E-state index is 11.0. The number of hydrogen-bond acceptors (Lipinski definition) is 3. The van der Waals surface area contributed by atoms with Gasteiger partial charge in [0.1, 0.15) is 0 Å². The third-order valence-corrected chi connectivity index (χ3v) is 1.63. The Morgan fingerprint density at radius 3 is 2.00 bits per heavy atom. The number of aliphatic hydroxyl groups excluding tert-OH is 1. The molecule has 4 heteroatoms. The first-order valence-electron chi connectivity index (χ1n) is 4.82. The Morgan fingerprint density at radius 2 is 1.67 bits per heavy atom. The third-order valence-electron chi connectivity index (χ3n) is 1.63. The standard InChI is InChI=1S/C8H11NO.C2H6O.CH4O/c1-2-5-8(10)9-6-3-4-7-9;1-3-2;1-2/h3-4,6-7H2,1H3;1-2H3;2H,1H3. The molecule has 0 aromatic heterocycles. The highest BCUT2D eigenvalue weighted by Gasteiger charge is 2.14. The molecule has 0 aromatic carbocycles. The predicted octanol–water partition coefficient (Wildman–Crippen LogP) is 0.503. The van der Waals surface area contributed by atoms with E-state index in [-0.39, 0.29) is 5.91 Å². The summed E-state index contributed by atoms with van der Waals surface area (Å²) in [6, 6.07) is 0. The molecule has 0 aliphatic carbocycles. The lowest BCUT2D eigenvalue weighted by Crippen LogP contribution is -2.25. The summed E-state index contributed by atoms with van der Waals surface area (Å²) in [7, 11) is 4.25. The SMILES string of the molecule is CC#CC(=O)N1CCCC1.CO.COC. The van der Waals surface area contributed by atoms with E-state index in [9.17, 15) is 4.79 Å². The number of carbonyl (C=O) groups excluding carboxylic acids is 1. The van der Waals surface area contributed by atoms with E-state index >= 15 is 0 Å². The molecular weight excluding hydrogens is 194 g/mol. The summed E-state index contributed by atoms with van der Waals surface area (Å²) in [5.41, 5.74) is 0. The Balaban J connectivity index is 0. The highest BCUT2D eigenvalue weighted by atomic mass is 16.4. The van der Waals surface area contributed by atoms with E-state index in [0.29, 0.717) is 0 Å². The van der Waals surface area contributed by atoms with Crippen LogP contribution in [0.5, 0.6) is 0 Å². The number of nitrogens with zero attached hydrogens (tertiary/aromatic N) is 1. The van der Waals surface area contributed by atoms with Crippen LogP contribution in [0.3, 0.4) is 0 Å². The first kappa shape index (κ1) is 16.4. The number of carbonyl (C=O) groups is 1. The molecule has 0 atom stereocenters. The van der Waals surface area contributed by atoms with Crippen molar-refractivity contribution in [2.75, 3.05) is 34.4 Å². The molecule has 1 amide bonds. The summed E-state index contributed by atoms with van der Waals surface area (Å²) in [5, 5.41) is 7.00. The molecule has 0 radical (unpaired) electrons. The molecule has 4 nitrogen and oxygen atoms in total. The molecule has 1 aliphatic rings. The van der Waals surface area contributed by atoms with Gasteiger partial charge in [0.05, 0.1) is 0 Å². The Kier molecular flexibility index (Phi) is 14.1. The summed E-state index contributed by atoms with van der Waals surface area (Å²) in [6.07, 6.45) is 2.27. The molecule has 1 rings (SSSR count). The number of methoxy groups -OCH3 is 1. The smallest absolute Gasteiger partial charge is 0.298 e. The van der Waals surface area contributed by atoms with E-state index in [2.05, 4.69) is 16.6 Å². The van der Waals surface area contributed by atoms with Gasteiger partial charge in [-0.1, -0.05) is 5.92 Å². The lowest BCUT2D eigenvalue weighted by Gasteiger charge is -2.09. The van der Waals surface area contributed by atoms with Crippen LogP contribution in [0.1, 0.15) is 19.8 Å². The fourth-order valence-electron chi connectivity index (χ4n) is 1.11. The first-order chi connectivity index (χ1) is 7.26. The van der Waals surface area contributed by atoms with Gasteiger partial charge in [-0.3, -0.25) is 4.79 Å². The quantitative estimate of drug-likeness (QED) is 0.599. The van der Waals surface area contributed by atoms with Gasteiger partial charge in [-0.2, -0.15) is 0 Å². The molecule has 1 aliphatic heterocycles. The summed E-state index contributed by atoms with van der Waals surface area (Å²) in [4.78, 5) is 12.8. The lowest BCUT2D eigenvalue weighted by atomic mass is 10.4. The van der Waals surface area contributed by atoms with Crippen LogP contribution in [-0.4, -0.2) is 50.3 Å². The van der Waals surface area contributed by atoms with Crippen molar-refractivity contribution in [3.8, 4) is 11.8 Å². The molecule has 1 heterocycles. The highest BCUT2D eigenvalue weighted by molar-refractivity contribution is 5.93. The number of amides is 1. The third kappa shape index (κ3) is 9.26. The van der Waals surface area contributed by atoms with Gasteiger partial charge in [0.2, 0.25) is 0 Å². The second-order valence-corrected chi connectivity index (χ2v) is 2.78. The predicted molar refractivity (Wildman–Crippen MR) is 60.3 cm³/mol. The molecule has 1 N–H and O–H groups in total. The Morgan fingerprint density at radius 1 is 1.27 bits per heavy atom. The first-order valence-corrected chi connectivity index (χ1v) is 4.82. The molecule has 1 saturated heterocycles. The number of rotatable bonds is 0. The van der Waals surface area contributed by atoms with Crippen LogP contribution >= 0.6 is 0 Å². The van der Waals surface area contributed by atoms with Crippen molar-refractivity contribution in [2.24, 2.45) is 0 Å². The topological polar surface area (TPSA) is 49.8 Å². The van der Waals surface area contributed by atoms with E-state index in [0.717, 1.165) is 33.0 Å². The average Bonchev–Trinajstić information content (AvgIpc) is 2.75. The second-order valence-electron chi connectivity index (χ2n) is 2.78. The fraction of sp³-hybridized carbons (Fsp3) is 0.727. The highest BCUT2D eigenvalue weighted by Crippen LogP contribution is 2.06. The average molecular weight is 215 g/mol. The maximum absolute atomic E-state index is 11.0. The largest absolute Gasteiger partial charge is 0.400 e. The normalized spacial score (nSPS) is 12.5. The van der Waals surface area contributed by atoms with E-state index in [4.69, 9.17) is 5.11 Å². The summed E-state index contributed by atoms with van der Waals surface area (Å²) in [5.74, 6) is 5.11. The summed E-state index contributed by atoms with van der Waals surface area (Å²) < 4.78 is 4.25. The van der Waals surface area contributed by atoms with Crippen molar-refractivity contribution >= 4 is 5.91 Å². The van der Waals surface area contributed by atoms with Gasteiger partial charge in [0, 0.05) is 34.4 Å². The zero-order valence-corrected chi connectivity index (χ0v) is 10.0. The van der Waals surface area contributed by atoms with Gasteiger partial charge < -0.3 is 14.7 Å². The number of ether oxygens (including phenoxy) is 1. The maximum Gasteiger partial charge on any atom is 0.298 e. The monoisotopic (exact) mass is 215 g/mol. The Hall–Kier alpha value is -1.05. The summed E-state index contributed by atoms with van der Waals surface area (Å²) in [6.45, 7) is 3.48. The van der Waals surface area contributed by atoms with Crippen LogP contribution in [0.15, 0.2) is 0 Å². The molecular formula is C11H21NO3. The van der Waals surface area contributed by atoms with Crippen LogP contribution in [0.4, 0.5) is 0 Å². The van der Waals surface area contributed by atoms with Crippen LogP contribution in [-0.2, 0) is 9.53 Å². The Labute approximate surface area is 92.2 Å². The molecule has 0 unspecified atom stereocenters. The lowest BCUT2D eigenvalue weighted by molar-refractivity contribution is -0.124. The number of likely N-dealkylation sites (tertiary alicyclic amines) is 1. The Bertz CT molecular complexity index is 200. The van der Waals surface area contributed by atoms with Crippen molar-refractivity contribution in [1.82, 2.24) is 4.90 Å². The van der Waals surface area contributed by atoms with Crippen LogP contribution < -0.4 is 0 Å². The van der Waals surface area contributed by atoms with E-state index in [1.807, 2.05) is 0 Å². The molecule has 15 heavy (non-hydrogen) atoms. The van der Waals surface area contributed by atoms with E-state index in [1.165, 1.54) is 0 Å². The van der Waals surface area contributed by atoms with Gasteiger partial charge >= 0.3 is 0 Å². The van der Waals surface area contributed by atoms with Crippen LogP contribution in [0, 0.1) is 11.8 Å². The molecule has 88 valence electrons. The van der Waals surface area contributed by atoms with Crippen molar-refractivity contribution in [1.29, 1.82) is 0 Å². The van der Waals surface area contributed by atoms with Gasteiger partial charge in [-0.25, -0.2) is 0 Å². The molecule has 0 spiro atoms. The van der Waals surface area contributed by atoms with Gasteiger partial charge in [-0.15, -0.1) is 0 Å². The zero-order chi connectivity index (χ0) is 12.1. The number of aliphatic hydroxyl groups is 1. The van der Waals surface area contributed by atoms with Gasteiger partial charge in [0.25, 0.3) is 5.91 Å². The second kappa shape index (κ2) is 12.9. The molecule has 0 bridgehead atoms. The van der Waals surface area contributed by atoms with Crippen LogP contribution in [0.25, 0.3) is 0 Å². The summed E-state index contributed by atoms with van der Waals surface area (Å²) >= 11 is 0. The van der Waals surface area contributed by atoms with E-state index < -0.39 is 0 Å². The van der Waals surface area contributed by atoms with E-state index in [1.54, 1.807) is 26.0 Å². The van der Waals surface area contributed by atoms with Crippen molar-refractivity contribution in [3.63, 3.8) is 0 Å². The van der Waals surface area contributed by atoms with Crippen LogP contribution in [0.2, 0.25) is 0 Å². The van der Waals surface area contributed by atoms with Crippen molar-refractivity contribution < 1.29 is 14.6 Å². The fourth-order valence-corrected chi connectivity index (χ4v) is 1.11. The van der Waals surface area contributed by atoms with Crippen molar-refractivity contribution in [3.05, 3.63) is 0 Å². The minimum atomic E-state index is -0.0139. The molecule has 0 aromatic rings.